The Kier molecular flexibility index (Phi) is 4.65. The molecule has 5 heteroatoms. The second kappa shape index (κ2) is 6.27. The molecule has 0 aromatic carbocycles. The van der Waals surface area contributed by atoms with Crippen LogP contribution in [0, 0.1) is 13.8 Å². The van der Waals surface area contributed by atoms with Crippen LogP contribution in [-0.2, 0) is 6.42 Å². The van der Waals surface area contributed by atoms with E-state index in [1.807, 2.05) is 19.9 Å². The third-order valence-corrected chi connectivity index (χ3v) is 3.32. The lowest BCUT2D eigenvalue weighted by Crippen LogP contribution is -2.10. The molecule has 20 heavy (non-hydrogen) atoms. The van der Waals surface area contributed by atoms with Gasteiger partial charge in [-0.2, -0.15) is 0 Å². The average Bonchev–Trinajstić information content (AvgIpc) is 2.68. The van der Waals surface area contributed by atoms with E-state index in [0.717, 1.165) is 41.6 Å². The minimum absolute atomic E-state index is 0.105. The van der Waals surface area contributed by atoms with E-state index in [1.54, 1.807) is 6.07 Å². The van der Waals surface area contributed by atoms with Crippen molar-refractivity contribution < 1.29 is 4.42 Å². The molecule has 108 valence electrons. The van der Waals surface area contributed by atoms with Crippen molar-refractivity contribution in [2.75, 3.05) is 5.32 Å². The third kappa shape index (κ3) is 3.51. The molecule has 0 spiro atoms. The first-order valence-corrected chi connectivity index (χ1v) is 7.24. The highest BCUT2D eigenvalue weighted by atomic mass is 35.5. The first-order valence-electron chi connectivity index (χ1n) is 6.86. The fraction of sp³-hybridized carbons (Fsp3) is 0.467. The van der Waals surface area contributed by atoms with Crippen molar-refractivity contribution in [3.63, 3.8) is 0 Å². The first-order chi connectivity index (χ1) is 9.49. The number of rotatable bonds is 5. The lowest BCUT2D eigenvalue weighted by molar-refractivity contribution is 0.499. The van der Waals surface area contributed by atoms with Crippen molar-refractivity contribution in [1.82, 2.24) is 9.97 Å². The Hall–Kier alpha value is -1.55. The fourth-order valence-corrected chi connectivity index (χ4v) is 2.45. The molecule has 2 aromatic rings. The van der Waals surface area contributed by atoms with Gasteiger partial charge in [0.2, 0.25) is 0 Å². The first kappa shape index (κ1) is 14.9. The molecule has 0 aliphatic rings. The Labute approximate surface area is 124 Å². The Bertz CT molecular complexity index is 595. The fourth-order valence-electron chi connectivity index (χ4n) is 2.25. The molecule has 0 fully saturated rings. The zero-order valence-corrected chi connectivity index (χ0v) is 13.1. The summed E-state index contributed by atoms with van der Waals surface area (Å²) < 4.78 is 5.56. The predicted molar refractivity (Wildman–Crippen MR) is 81.3 cm³/mol. The molecular formula is C15H20ClN3O. The molecule has 0 saturated carbocycles. The number of hydrogen-bond donors (Lipinski definition) is 1. The smallest absolute Gasteiger partial charge is 0.134 e. The molecule has 2 aromatic heterocycles. The van der Waals surface area contributed by atoms with Crippen molar-refractivity contribution in [3.05, 3.63) is 40.2 Å². The van der Waals surface area contributed by atoms with E-state index in [4.69, 9.17) is 16.0 Å². The number of nitrogens with one attached hydrogen (secondary N) is 1. The van der Waals surface area contributed by atoms with Crippen molar-refractivity contribution >= 4 is 17.4 Å². The molecule has 0 bridgehead atoms. The van der Waals surface area contributed by atoms with Gasteiger partial charge in [0.1, 0.15) is 28.3 Å². The largest absolute Gasteiger partial charge is 0.466 e. The van der Waals surface area contributed by atoms with E-state index in [2.05, 4.69) is 29.1 Å². The van der Waals surface area contributed by atoms with Gasteiger partial charge in [-0.05, 0) is 33.3 Å². The van der Waals surface area contributed by atoms with E-state index in [-0.39, 0.29) is 6.04 Å². The van der Waals surface area contributed by atoms with Crippen LogP contribution in [0.1, 0.15) is 49.2 Å². The number of anilines is 1. The molecule has 1 atom stereocenters. The number of aromatic nitrogens is 2. The maximum atomic E-state index is 6.04. The summed E-state index contributed by atoms with van der Waals surface area (Å²) >= 11 is 6.04. The summed E-state index contributed by atoms with van der Waals surface area (Å²) in [5, 5.41) is 3.83. The summed E-state index contributed by atoms with van der Waals surface area (Å²) in [6, 6.07) is 3.90. The molecule has 0 amide bonds. The molecule has 2 heterocycles. The highest BCUT2D eigenvalue weighted by Gasteiger charge is 2.14. The summed E-state index contributed by atoms with van der Waals surface area (Å²) in [5.74, 6) is 3.36. The quantitative estimate of drug-likeness (QED) is 0.827. The monoisotopic (exact) mass is 293 g/mol. The lowest BCUT2D eigenvalue weighted by atomic mass is 10.1. The molecule has 4 nitrogen and oxygen atoms in total. The summed E-state index contributed by atoms with van der Waals surface area (Å²) in [5.41, 5.74) is 1.13. The number of nitrogens with zero attached hydrogens (tertiary/aromatic N) is 2. The van der Waals surface area contributed by atoms with Crippen LogP contribution in [0.3, 0.4) is 0 Å². The Morgan fingerprint density at radius 2 is 2.05 bits per heavy atom. The van der Waals surface area contributed by atoms with E-state index >= 15 is 0 Å². The van der Waals surface area contributed by atoms with Crippen molar-refractivity contribution in [2.45, 2.75) is 46.6 Å². The Morgan fingerprint density at radius 3 is 2.65 bits per heavy atom. The van der Waals surface area contributed by atoms with E-state index in [0.29, 0.717) is 5.15 Å². The number of furan rings is 1. The van der Waals surface area contributed by atoms with Crippen molar-refractivity contribution in [2.24, 2.45) is 0 Å². The standard InChI is InChI=1S/C15H20ClN3O/c1-5-6-14-18-13(16)8-15(19-14)17-10(3)12-7-9(2)20-11(12)4/h7-8,10H,5-6H2,1-4H3,(H,17,18,19). The average molecular weight is 294 g/mol. The van der Waals surface area contributed by atoms with Gasteiger partial charge in [0.05, 0.1) is 6.04 Å². The van der Waals surface area contributed by atoms with Gasteiger partial charge in [-0.3, -0.25) is 0 Å². The SMILES string of the molecule is CCCc1nc(Cl)cc(NC(C)c2cc(C)oc2C)n1. The molecule has 0 aliphatic carbocycles. The molecule has 0 radical (unpaired) electrons. The second-order valence-corrected chi connectivity index (χ2v) is 5.36. The van der Waals surface area contributed by atoms with Crippen LogP contribution in [0.2, 0.25) is 5.15 Å². The molecule has 0 aliphatic heterocycles. The van der Waals surface area contributed by atoms with Crippen molar-refractivity contribution in [3.8, 4) is 0 Å². The minimum Gasteiger partial charge on any atom is -0.466 e. The van der Waals surface area contributed by atoms with Crippen LogP contribution in [0.5, 0.6) is 0 Å². The Balaban J connectivity index is 2.18. The van der Waals surface area contributed by atoms with Gasteiger partial charge in [-0.25, -0.2) is 9.97 Å². The van der Waals surface area contributed by atoms with E-state index in [9.17, 15) is 0 Å². The highest BCUT2D eigenvalue weighted by Crippen LogP contribution is 2.25. The number of hydrogen-bond acceptors (Lipinski definition) is 4. The molecule has 0 saturated heterocycles. The van der Waals surface area contributed by atoms with Gasteiger partial charge in [0.25, 0.3) is 0 Å². The summed E-state index contributed by atoms with van der Waals surface area (Å²) in [7, 11) is 0. The Morgan fingerprint density at radius 1 is 1.30 bits per heavy atom. The van der Waals surface area contributed by atoms with Gasteiger partial charge < -0.3 is 9.73 Å². The van der Waals surface area contributed by atoms with Crippen LogP contribution in [0.25, 0.3) is 0 Å². The molecule has 1 unspecified atom stereocenters. The predicted octanol–water partition coefficient (Wildman–Crippen LogP) is 4.47. The minimum atomic E-state index is 0.105. The summed E-state index contributed by atoms with van der Waals surface area (Å²) in [6.45, 7) is 8.09. The van der Waals surface area contributed by atoms with Crippen LogP contribution < -0.4 is 5.32 Å². The topological polar surface area (TPSA) is 51.0 Å². The molecule has 2 rings (SSSR count). The van der Waals surface area contributed by atoms with Gasteiger partial charge in [-0.1, -0.05) is 18.5 Å². The van der Waals surface area contributed by atoms with Crippen LogP contribution in [0.4, 0.5) is 5.82 Å². The van der Waals surface area contributed by atoms with Gasteiger partial charge in [0.15, 0.2) is 0 Å². The maximum absolute atomic E-state index is 6.04. The lowest BCUT2D eigenvalue weighted by Gasteiger charge is -2.14. The normalized spacial score (nSPS) is 12.4. The second-order valence-electron chi connectivity index (χ2n) is 4.98. The molecule has 1 N–H and O–H groups in total. The zero-order chi connectivity index (χ0) is 14.7. The number of aryl methyl sites for hydroxylation is 3. The van der Waals surface area contributed by atoms with Gasteiger partial charge in [-0.15, -0.1) is 0 Å². The van der Waals surface area contributed by atoms with Gasteiger partial charge >= 0.3 is 0 Å². The van der Waals surface area contributed by atoms with Crippen molar-refractivity contribution in [1.29, 1.82) is 0 Å². The van der Waals surface area contributed by atoms with Crippen LogP contribution in [-0.4, -0.2) is 9.97 Å². The number of halogens is 1. The highest BCUT2D eigenvalue weighted by molar-refractivity contribution is 6.29. The van der Waals surface area contributed by atoms with Gasteiger partial charge in [0, 0.05) is 18.1 Å². The maximum Gasteiger partial charge on any atom is 0.134 e. The third-order valence-electron chi connectivity index (χ3n) is 3.13. The zero-order valence-electron chi connectivity index (χ0n) is 12.3. The summed E-state index contributed by atoms with van der Waals surface area (Å²) in [6.07, 6.45) is 1.82. The van der Waals surface area contributed by atoms with E-state index < -0.39 is 0 Å². The van der Waals surface area contributed by atoms with Crippen LogP contribution in [0.15, 0.2) is 16.5 Å². The summed E-state index contributed by atoms with van der Waals surface area (Å²) in [4.78, 5) is 8.71. The van der Waals surface area contributed by atoms with Crippen LogP contribution >= 0.6 is 11.6 Å². The molecular weight excluding hydrogens is 274 g/mol. The van der Waals surface area contributed by atoms with E-state index in [1.165, 1.54) is 0 Å².